The van der Waals surface area contributed by atoms with E-state index in [4.69, 9.17) is 16.3 Å². The molecule has 1 aromatic carbocycles. The minimum Gasteiger partial charge on any atom is -0.493 e. The predicted molar refractivity (Wildman–Crippen MR) is 76.8 cm³/mol. The fourth-order valence-electron chi connectivity index (χ4n) is 2.03. The van der Waals surface area contributed by atoms with Gasteiger partial charge in [-0.05, 0) is 24.3 Å². The molecule has 5 heteroatoms. The smallest absolute Gasteiger partial charge is 0.270 e. The summed E-state index contributed by atoms with van der Waals surface area (Å²) in [4.78, 5) is 10.3. The molecule has 0 heterocycles. The monoisotopic (exact) mass is 285 g/mol. The Morgan fingerprint density at radius 3 is 2.58 bits per heavy atom. The molecule has 1 unspecified atom stereocenters. The molecule has 1 rings (SSSR count). The van der Waals surface area contributed by atoms with Crippen LogP contribution in [0, 0.1) is 22.0 Å². The molecule has 0 bridgehead atoms. The van der Waals surface area contributed by atoms with E-state index in [1.165, 1.54) is 12.1 Å². The lowest BCUT2D eigenvalue weighted by molar-refractivity contribution is -0.384. The number of ether oxygens (including phenoxy) is 1. The fraction of sp³-hybridized carbons (Fsp3) is 0.571. The van der Waals surface area contributed by atoms with Crippen molar-refractivity contribution in [3.63, 3.8) is 0 Å². The molecule has 0 aliphatic heterocycles. The number of alkyl halides is 1. The normalized spacial score (nSPS) is 12.5. The topological polar surface area (TPSA) is 52.4 Å². The number of nitro groups is 1. The van der Waals surface area contributed by atoms with Gasteiger partial charge in [-0.1, -0.05) is 20.8 Å². The first kappa shape index (κ1) is 15.8. The van der Waals surface area contributed by atoms with Gasteiger partial charge in [0.25, 0.3) is 5.69 Å². The van der Waals surface area contributed by atoms with Gasteiger partial charge in [-0.15, -0.1) is 11.6 Å². The molecule has 19 heavy (non-hydrogen) atoms. The second kappa shape index (κ2) is 7.34. The van der Waals surface area contributed by atoms with Gasteiger partial charge in [-0.2, -0.15) is 0 Å². The van der Waals surface area contributed by atoms with Crippen LogP contribution in [-0.2, 0) is 5.88 Å². The van der Waals surface area contributed by atoms with Crippen LogP contribution in [0.1, 0.15) is 32.8 Å². The molecular formula is C14H20ClNO3. The zero-order valence-corrected chi connectivity index (χ0v) is 12.3. The maximum Gasteiger partial charge on any atom is 0.270 e. The zero-order valence-electron chi connectivity index (χ0n) is 11.6. The second-order valence-electron chi connectivity index (χ2n) is 5.23. The van der Waals surface area contributed by atoms with Crippen LogP contribution in [0.2, 0.25) is 0 Å². The minimum atomic E-state index is -0.429. The third kappa shape index (κ3) is 5.07. The summed E-state index contributed by atoms with van der Waals surface area (Å²) in [6.45, 7) is 7.07. The van der Waals surface area contributed by atoms with Gasteiger partial charge in [-0.25, -0.2) is 0 Å². The van der Waals surface area contributed by atoms with E-state index in [0.717, 1.165) is 6.42 Å². The van der Waals surface area contributed by atoms with E-state index in [1.807, 2.05) is 0 Å². The van der Waals surface area contributed by atoms with E-state index in [2.05, 4.69) is 20.8 Å². The summed E-state index contributed by atoms with van der Waals surface area (Å²) in [5.74, 6) is 1.91. The second-order valence-corrected chi connectivity index (χ2v) is 5.50. The molecule has 0 aliphatic rings. The standard InChI is InChI=1S/C14H20ClNO3/c1-10(2)6-11(3)9-19-14-5-4-13(16(17)18)7-12(14)8-15/h4-5,7,10-11H,6,8-9H2,1-3H3. The number of benzene rings is 1. The van der Waals surface area contributed by atoms with E-state index in [9.17, 15) is 10.1 Å². The molecule has 0 aromatic heterocycles. The maximum absolute atomic E-state index is 10.7. The Morgan fingerprint density at radius 2 is 2.05 bits per heavy atom. The summed E-state index contributed by atoms with van der Waals surface area (Å²) in [5.41, 5.74) is 0.700. The average Bonchev–Trinajstić information content (AvgIpc) is 2.35. The van der Waals surface area contributed by atoms with E-state index in [0.29, 0.717) is 29.8 Å². The Morgan fingerprint density at radius 1 is 1.37 bits per heavy atom. The van der Waals surface area contributed by atoms with Crippen molar-refractivity contribution in [1.82, 2.24) is 0 Å². The largest absolute Gasteiger partial charge is 0.493 e. The molecule has 1 aromatic rings. The summed E-state index contributed by atoms with van der Waals surface area (Å²) in [6.07, 6.45) is 1.09. The Labute approximate surface area is 118 Å². The summed E-state index contributed by atoms with van der Waals surface area (Å²) >= 11 is 5.81. The van der Waals surface area contributed by atoms with Crippen LogP contribution in [0.25, 0.3) is 0 Å². The first-order chi connectivity index (χ1) is 8.93. The van der Waals surface area contributed by atoms with Crippen molar-refractivity contribution in [2.24, 2.45) is 11.8 Å². The Bertz CT molecular complexity index is 435. The number of nitrogens with zero attached hydrogens (tertiary/aromatic N) is 1. The molecule has 0 amide bonds. The third-order valence-corrected chi connectivity index (χ3v) is 3.08. The van der Waals surface area contributed by atoms with Crippen molar-refractivity contribution < 1.29 is 9.66 Å². The zero-order chi connectivity index (χ0) is 14.4. The summed E-state index contributed by atoms with van der Waals surface area (Å²) in [5, 5.41) is 10.7. The summed E-state index contributed by atoms with van der Waals surface area (Å²) < 4.78 is 5.72. The molecular weight excluding hydrogens is 266 g/mol. The van der Waals surface area contributed by atoms with E-state index in [1.54, 1.807) is 6.07 Å². The van der Waals surface area contributed by atoms with Crippen molar-refractivity contribution in [3.8, 4) is 5.75 Å². The highest BCUT2D eigenvalue weighted by molar-refractivity contribution is 6.17. The van der Waals surface area contributed by atoms with Gasteiger partial charge < -0.3 is 4.74 Å². The van der Waals surface area contributed by atoms with Crippen LogP contribution in [0.15, 0.2) is 18.2 Å². The van der Waals surface area contributed by atoms with Crippen molar-refractivity contribution in [3.05, 3.63) is 33.9 Å². The van der Waals surface area contributed by atoms with Crippen LogP contribution in [0.3, 0.4) is 0 Å². The first-order valence-corrected chi connectivity index (χ1v) is 6.93. The quantitative estimate of drug-likeness (QED) is 0.424. The Balaban J connectivity index is 2.70. The van der Waals surface area contributed by atoms with Crippen LogP contribution in [0.5, 0.6) is 5.75 Å². The molecule has 0 spiro atoms. The van der Waals surface area contributed by atoms with E-state index >= 15 is 0 Å². The number of nitro benzene ring substituents is 1. The fourth-order valence-corrected chi connectivity index (χ4v) is 2.24. The summed E-state index contributed by atoms with van der Waals surface area (Å²) in [7, 11) is 0. The Hall–Kier alpha value is -1.29. The molecule has 0 saturated carbocycles. The molecule has 0 fully saturated rings. The van der Waals surface area contributed by atoms with Gasteiger partial charge in [0.15, 0.2) is 0 Å². The number of hydrogen-bond acceptors (Lipinski definition) is 3. The van der Waals surface area contributed by atoms with Crippen molar-refractivity contribution in [2.45, 2.75) is 33.1 Å². The lowest BCUT2D eigenvalue weighted by Crippen LogP contribution is -2.11. The van der Waals surface area contributed by atoms with Crippen LogP contribution < -0.4 is 4.74 Å². The lowest BCUT2D eigenvalue weighted by atomic mass is 10.00. The molecule has 1 atom stereocenters. The van der Waals surface area contributed by atoms with Gasteiger partial charge >= 0.3 is 0 Å². The molecule has 0 saturated heterocycles. The van der Waals surface area contributed by atoms with Gasteiger partial charge in [0, 0.05) is 17.7 Å². The third-order valence-electron chi connectivity index (χ3n) is 2.80. The van der Waals surface area contributed by atoms with Crippen LogP contribution >= 0.6 is 11.6 Å². The minimum absolute atomic E-state index is 0.0400. The lowest BCUT2D eigenvalue weighted by Gasteiger charge is -2.16. The molecule has 0 aliphatic carbocycles. The average molecular weight is 286 g/mol. The molecule has 4 nitrogen and oxygen atoms in total. The van der Waals surface area contributed by atoms with E-state index in [-0.39, 0.29) is 11.6 Å². The van der Waals surface area contributed by atoms with Gasteiger partial charge in [-0.3, -0.25) is 10.1 Å². The van der Waals surface area contributed by atoms with Crippen molar-refractivity contribution >= 4 is 17.3 Å². The number of halogens is 1. The van der Waals surface area contributed by atoms with Crippen molar-refractivity contribution in [2.75, 3.05) is 6.61 Å². The van der Waals surface area contributed by atoms with Crippen molar-refractivity contribution in [1.29, 1.82) is 0 Å². The molecule has 0 radical (unpaired) electrons. The van der Waals surface area contributed by atoms with Crippen LogP contribution in [-0.4, -0.2) is 11.5 Å². The highest BCUT2D eigenvalue weighted by Crippen LogP contribution is 2.26. The highest BCUT2D eigenvalue weighted by Gasteiger charge is 2.12. The number of non-ortho nitro benzene ring substituents is 1. The first-order valence-electron chi connectivity index (χ1n) is 6.40. The van der Waals surface area contributed by atoms with Gasteiger partial charge in [0.1, 0.15) is 5.75 Å². The molecule has 106 valence electrons. The Kier molecular flexibility index (Phi) is 6.09. The number of hydrogen-bond donors (Lipinski definition) is 0. The van der Waals surface area contributed by atoms with E-state index < -0.39 is 4.92 Å². The molecule has 0 N–H and O–H groups in total. The van der Waals surface area contributed by atoms with Crippen LogP contribution in [0.4, 0.5) is 5.69 Å². The SMILES string of the molecule is CC(C)CC(C)COc1ccc([N+](=O)[O-])cc1CCl. The highest BCUT2D eigenvalue weighted by atomic mass is 35.5. The van der Waals surface area contributed by atoms with Gasteiger partial charge in [0.2, 0.25) is 0 Å². The summed E-state index contributed by atoms with van der Waals surface area (Å²) in [6, 6.07) is 4.53. The predicted octanol–water partition coefficient (Wildman–Crippen LogP) is 4.39. The maximum atomic E-state index is 10.7. The van der Waals surface area contributed by atoms with Gasteiger partial charge in [0.05, 0.1) is 17.4 Å². The number of rotatable bonds is 7.